The molecule has 4 nitrogen and oxygen atoms in total. The summed E-state index contributed by atoms with van der Waals surface area (Å²) in [5.74, 6) is -0.422. The van der Waals surface area contributed by atoms with Crippen LogP contribution in [0.4, 0.5) is 5.69 Å². The Morgan fingerprint density at radius 3 is 2.86 bits per heavy atom. The van der Waals surface area contributed by atoms with Crippen LogP contribution >= 0.6 is 35.2 Å². The SMILES string of the molecule is CCC(C)NC(=S)Nc1ccc2c(Cl)c(C(=O)OC)sc2c1. The largest absolute Gasteiger partial charge is 0.465 e. The molecule has 1 aromatic carbocycles. The minimum atomic E-state index is -0.422. The Hall–Kier alpha value is -1.37. The molecule has 0 spiro atoms. The summed E-state index contributed by atoms with van der Waals surface area (Å²) in [6.07, 6.45) is 0.990. The topological polar surface area (TPSA) is 50.4 Å². The van der Waals surface area contributed by atoms with E-state index in [2.05, 4.69) is 24.5 Å². The first-order valence-electron chi connectivity index (χ1n) is 6.84. The van der Waals surface area contributed by atoms with E-state index in [9.17, 15) is 4.79 Å². The molecule has 0 aliphatic rings. The first-order valence-corrected chi connectivity index (χ1v) is 8.44. The van der Waals surface area contributed by atoms with Crippen LogP contribution in [0.15, 0.2) is 18.2 Å². The Morgan fingerprint density at radius 2 is 2.23 bits per heavy atom. The third kappa shape index (κ3) is 3.69. The Kier molecular flexibility index (Phi) is 5.61. The lowest BCUT2D eigenvalue weighted by Crippen LogP contribution is -2.35. The summed E-state index contributed by atoms with van der Waals surface area (Å²) in [5, 5.41) is 8.17. The van der Waals surface area contributed by atoms with Crippen molar-refractivity contribution >= 4 is 62.0 Å². The van der Waals surface area contributed by atoms with E-state index in [1.54, 1.807) is 0 Å². The highest BCUT2D eigenvalue weighted by molar-refractivity contribution is 7.80. The molecule has 0 aliphatic heterocycles. The van der Waals surface area contributed by atoms with Gasteiger partial charge in [0.1, 0.15) is 4.88 Å². The van der Waals surface area contributed by atoms with Gasteiger partial charge in [-0.25, -0.2) is 4.79 Å². The summed E-state index contributed by atoms with van der Waals surface area (Å²) < 4.78 is 5.64. The predicted molar refractivity (Wildman–Crippen MR) is 97.3 cm³/mol. The number of esters is 1. The van der Waals surface area contributed by atoms with Gasteiger partial charge in [0, 0.05) is 21.8 Å². The molecular weight excluding hydrogens is 340 g/mol. The Bertz CT molecular complexity index is 715. The van der Waals surface area contributed by atoms with Gasteiger partial charge in [0.25, 0.3) is 0 Å². The van der Waals surface area contributed by atoms with Crippen molar-refractivity contribution < 1.29 is 9.53 Å². The van der Waals surface area contributed by atoms with Gasteiger partial charge in [0.2, 0.25) is 0 Å². The summed E-state index contributed by atoms with van der Waals surface area (Å²) in [6.45, 7) is 4.16. The van der Waals surface area contributed by atoms with Gasteiger partial charge in [-0.2, -0.15) is 0 Å². The Labute approximate surface area is 143 Å². The number of halogens is 1. The number of fused-ring (bicyclic) bond motifs is 1. The number of carbonyl (C=O) groups excluding carboxylic acids is 1. The first kappa shape index (κ1) is 17.0. The molecule has 1 atom stereocenters. The number of anilines is 1. The maximum Gasteiger partial charge on any atom is 0.349 e. The van der Waals surface area contributed by atoms with Gasteiger partial charge >= 0.3 is 5.97 Å². The number of rotatable bonds is 4. The number of hydrogen-bond donors (Lipinski definition) is 2. The average molecular weight is 357 g/mol. The van der Waals surface area contributed by atoms with Gasteiger partial charge in [-0.15, -0.1) is 11.3 Å². The van der Waals surface area contributed by atoms with Crippen LogP contribution < -0.4 is 10.6 Å². The summed E-state index contributed by atoms with van der Waals surface area (Å²) in [4.78, 5) is 12.1. The molecule has 0 fully saturated rings. The fraction of sp³-hybridized carbons (Fsp3) is 0.333. The number of thiophene rings is 1. The molecule has 0 bridgehead atoms. The highest BCUT2D eigenvalue weighted by atomic mass is 35.5. The summed E-state index contributed by atoms with van der Waals surface area (Å²) in [5.41, 5.74) is 0.850. The highest BCUT2D eigenvalue weighted by Crippen LogP contribution is 2.37. The maximum absolute atomic E-state index is 11.7. The average Bonchev–Trinajstić information content (AvgIpc) is 2.82. The monoisotopic (exact) mass is 356 g/mol. The molecule has 1 heterocycles. The molecule has 0 radical (unpaired) electrons. The fourth-order valence-electron chi connectivity index (χ4n) is 1.86. The van der Waals surface area contributed by atoms with E-state index < -0.39 is 5.97 Å². The van der Waals surface area contributed by atoms with Crippen LogP contribution in [-0.4, -0.2) is 24.2 Å². The number of methoxy groups -OCH3 is 1. The normalized spacial score (nSPS) is 12.0. The lowest BCUT2D eigenvalue weighted by Gasteiger charge is -2.15. The molecule has 118 valence electrons. The van der Waals surface area contributed by atoms with Crippen molar-refractivity contribution in [3.63, 3.8) is 0 Å². The van der Waals surface area contributed by atoms with Crippen LogP contribution in [0, 0.1) is 0 Å². The van der Waals surface area contributed by atoms with E-state index in [0.717, 1.165) is 22.2 Å². The number of thiocarbonyl (C=S) groups is 1. The zero-order chi connectivity index (χ0) is 16.3. The molecule has 7 heteroatoms. The van der Waals surface area contributed by atoms with Gasteiger partial charge in [0.05, 0.1) is 12.1 Å². The lowest BCUT2D eigenvalue weighted by atomic mass is 10.2. The summed E-state index contributed by atoms with van der Waals surface area (Å²) in [7, 11) is 1.34. The molecule has 2 N–H and O–H groups in total. The van der Waals surface area contributed by atoms with Crippen LogP contribution in [-0.2, 0) is 4.74 Å². The molecule has 1 aromatic heterocycles. The number of benzene rings is 1. The molecule has 0 saturated heterocycles. The summed E-state index contributed by atoms with van der Waals surface area (Å²) >= 11 is 12.8. The lowest BCUT2D eigenvalue weighted by molar-refractivity contribution is 0.0606. The van der Waals surface area contributed by atoms with Crippen molar-refractivity contribution in [2.24, 2.45) is 0 Å². The van der Waals surface area contributed by atoms with Crippen LogP contribution in [0.5, 0.6) is 0 Å². The van der Waals surface area contributed by atoms with Crippen molar-refractivity contribution in [2.45, 2.75) is 26.3 Å². The van der Waals surface area contributed by atoms with E-state index in [1.807, 2.05) is 18.2 Å². The number of carbonyl (C=O) groups is 1. The van der Waals surface area contributed by atoms with Crippen LogP contribution in [0.3, 0.4) is 0 Å². The third-order valence-electron chi connectivity index (χ3n) is 3.25. The summed E-state index contributed by atoms with van der Waals surface area (Å²) in [6, 6.07) is 5.98. The number of nitrogens with one attached hydrogen (secondary N) is 2. The third-order valence-corrected chi connectivity index (χ3v) is 5.11. The van der Waals surface area contributed by atoms with Crippen LogP contribution in [0.2, 0.25) is 5.02 Å². The minimum absolute atomic E-state index is 0.311. The molecule has 1 unspecified atom stereocenters. The van der Waals surface area contributed by atoms with E-state index >= 15 is 0 Å². The van der Waals surface area contributed by atoms with Crippen molar-refractivity contribution in [3.05, 3.63) is 28.1 Å². The van der Waals surface area contributed by atoms with Crippen LogP contribution in [0.25, 0.3) is 10.1 Å². The Morgan fingerprint density at radius 1 is 1.50 bits per heavy atom. The predicted octanol–water partition coefficient (Wildman–Crippen LogP) is 4.43. The zero-order valence-corrected chi connectivity index (χ0v) is 14.9. The fourth-order valence-corrected chi connectivity index (χ4v) is 3.64. The van der Waals surface area contributed by atoms with Gasteiger partial charge in [0.15, 0.2) is 5.11 Å². The van der Waals surface area contributed by atoms with Gasteiger partial charge in [-0.3, -0.25) is 0 Å². The highest BCUT2D eigenvalue weighted by Gasteiger charge is 2.17. The van der Waals surface area contributed by atoms with Crippen LogP contribution in [0.1, 0.15) is 29.9 Å². The molecular formula is C15H17ClN2O2S2. The van der Waals surface area contributed by atoms with E-state index in [0.29, 0.717) is 21.1 Å². The smallest absolute Gasteiger partial charge is 0.349 e. The second-order valence-electron chi connectivity index (χ2n) is 4.86. The quantitative estimate of drug-likeness (QED) is 0.627. The van der Waals surface area contributed by atoms with Gasteiger partial charge in [-0.1, -0.05) is 18.5 Å². The molecule has 0 amide bonds. The molecule has 2 aromatic rings. The van der Waals surface area contributed by atoms with Crippen molar-refractivity contribution in [3.8, 4) is 0 Å². The van der Waals surface area contributed by atoms with Crippen molar-refractivity contribution in [1.82, 2.24) is 5.32 Å². The van der Waals surface area contributed by atoms with E-state index in [1.165, 1.54) is 18.4 Å². The second kappa shape index (κ2) is 7.26. The van der Waals surface area contributed by atoms with Gasteiger partial charge < -0.3 is 15.4 Å². The van der Waals surface area contributed by atoms with E-state index in [-0.39, 0.29) is 0 Å². The molecule has 2 rings (SSSR count). The second-order valence-corrected chi connectivity index (χ2v) is 6.69. The van der Waals surface area contributed by atoms with E-state index in [4.69, 9.17) is 28.6 Å². The minimum Gasteiger partial charge on any atom is -0.465 e. The first-order chi connectivity index (χ1) is 10.5. The molecule has 0 aliphatic carbocycles. The standard InChI is InChI=1S/C15H17ClN2O2S2/c1-4-8(2)17-15(21)18-9-5-6-10-11(7-9)22-13(12(10)16)14(19)20-3/h5-8H,4H2,1-3H3,(H2,17,18,21). The zero-order valence-electron chi connectivity index (χ0n) is 12.5. The van der Waals surface area contributed by atoms with Crippen molar-refractivity contribution in [2.75, 3.05) is 12.4 Å². The number of ether oxygens (including phenoxy) is 1. The van der Waals surface area contributed by atoms with Gasteiger partial charge in [-0.05, 0) is 43.8 Å². The Balaban J connectivity index is 2.24. The number of hydrogen-bond acceptors (Lipinski definition) is 4. The maximum atomic E-state index is 11.7. The van der Waals surface area contributed by atoms with Crippen molar-refractivity contribution in [1.29, 1.82) is 0 Å². The molecule has 0 saturated carbocycles. The molecule has 22 heavy (non-hydrogen) atoms.